The Labute approximate surface area is 153 Å². The van der Waals surface area contributed by atoms with Crippen molar-refractivity contribution in [3.63, 3.8) is 0 Å². The predicted molar refractivity (Wildman–Crippen MR) is 98.1 cm³/mol. The number of carboxylic acid groups (broad SMARTS) is 1. The van der Waals surface area contributed by atoms with Crippen LogP contribution in [-0.2, 0) is 14.8 Å². The topological polar surface area (TPSA) is 74.7 Å². The fourth-order valence-corrected chi connectivity index (χ4v) is 6.24. The van der Waals surface area contributed by atoms with E-state index < -0.39 is 22.0 Å². The molecule has 0 bridgehead atoms. The van der Waals surface area contributed by atoms with Gasteiger partial charge >= 0.3 is 5.97 Å². The summed E-state index contributed by atoms with van der Waals surface area (Å²) in [6.45, 7) is 0. The lowest BCUT2D eigenvalue weighted by molar-refractivity contribution is -0.141. The van der Waals surface area contributed by atoms with Gasteiger partial charge in [0.25, 0.3) is 0 Å². The van der Waals surface area contributed by atoms with Crippen molar-refractivity contribution in [2.45, 2.75) is 42.7 Å². The van der Waals surface area contributed by atoms with Gasteiger partial charge in [-0.3, -0.25) is 4.79 Å². The molecule has 1 aliphatic carbocycles. The number of aliphatic carboxylic acids is 1. The van der Waals surface area contributed by atoms with Crippen molar-refractivity contribution in [3.8, 4) is 11.1 Å². The molecule has 0 spiro atoms. The van der Waals surface area contributed by atoms with Gasteiger partial charge in [-0.25, -0.2) is 8.42 Å². The van der Waals surface area contributed by atoms with E-state index in [2.05, 4.69) is 0 Å². The Morgan fingerprint density at radius 1 is 0.962 bits per heavy atom. The highest BCUT2D eigenvalue weighted by Crippen LogP contribution is 2.44. The average molecular weight is 371 g/mol. The average Bonchev–Trinajstić information content (AvgIpc) is 3.23. The van der Waals surface area contributed by atoms with Crippen molar-refractivity contribution in [2.24, 2.45) is 5.92 Å². The van der Waals surface area contributed by atoms with E-state index in [1.165, 1.54) is 4.31 Å². The summed E-state index contributed by atoms with van der Waals surface area (Å²) in [5, 5.41) is 9.54. The molecule has 6 heteroatoms. The second-order valence-electron chi connectivity index (χ2n) is 7.07. The van der Waals surface area contributed by atoms with Gasteiger partial charge in [0.15, 0.2) is 0 Å². The molecular formula is C20H21NO4S. The maximum absolute atomic E-state index is 13.2. The number of hydrogen-bond donors (Lipinski definition) is 1. The van der Waals surface area contributed by atoms with Gasteiger partial charge in [-0.2, -0.15) is 4.31 Å². The highest BCUT2D eigenvalue weighted by Gasteiger charge is 2.52. The zero-order valence-corrected chi connectivity index (χ0v) is 15.1. The van der Waals surface area contributed by atoms with E-state index in [-0.39, 0.29) is 16.9 Å². The highest BCUT2D eigenvalue weighted by molar-refractivity contribution is 7.89. The molecule has 5 nitrogen and oxygen atoms in total. The van der Waals surface area contributed by atoms with E-state index >= 15 is 0 Å². The minimum absolute atomic E-state index is 0.162. The first-order valence-corrected chi connectivity index (χ1v) is 10.3. The molecule has 0 unspecified atom stereocenters. The lowest BCUT2D eigenvalue weighted by Crippen LogP contribution is -2.44. The molecule has 1 aliphatic heterocycles. The molecule has 3 atom stereocenters. The molecule has 1 saturated carbocycles. The van der Waals surface area contributed by atoms with Gasteiger partial charge in [0.05, 0.1) is 4.90 Å². The number of carboxylic acids is 1. The summed E-state index contributed by atoms with van der Waals surface area (Å²) in [5.74, 6) is -0.890. The minimum atomic E-state index is -3.83. The molecule has 136 valence electrons. The van der Waals surface area contributed by atoms with E-state index in [1.54, 1.807) is 24.3 Å². The Hall–Kier alpha value is -2.18. The monoisotopic (exact) mass is 371 g/mol. The molecular weight excluding hydrogens is 350 g/mol. The van der Waals surface area contributed by atoms with Crippen LogP contribution in [0.3, 0.4) is 0 Å². The first-order valence-electron chi connectivity index (χ1n) is 8.90. The van der Waals surface area contributed by atoms with E-state index in [1.807, 2.05) is 30.3 Å². The molecule has 2 aromatic carbocycles. The van der Waals surface area contributed by atoms with Crippen molar-refractivity contribution in [1.82, 2.24) is 4.31 Å². The third-order valence-corrected chi connectivity index (χ3v) is 7.55. The second kappa shape index (κ2) is 6.52. The van der Waals surface area contributed by atoms with Gasteiger partial charge in [-0.15, -0.1) is 0 Å². The largest absolute Gasteiger partial charge is 0.480 e. The number of hydrogen-bond acceptors (Lipinski definition) is 3. The van der Waals surface area contributed by atoms with E-state index in [4.69, 9.17) is 0 Å². The van der Waals surface area contributed by atoms with Crippen LogP contribution >= 0.6 is 0 Å². The predicted octanol–water partition coefficient (Wildman–Crippen LogP) is 3.37. The summed E-state index contributed by atoms with van der Waals surface area (Å²) in [4.78, 5) is 11.8. The maximum atomic E-state index is 13.2. The zero-order chi connectivity index (χ0) is 18.3. The highest BCUT2D eigenvalue weighted by atomic mass is 32.2. The molecule has 2 aliphatic rings. The fraction of sp³-hybridized carbons (Fsp3) is 0.350. The minimum Gasteiger partial charge on any atom is -0.480 e. The summed E-state index contributed by atoms with van der Waals surface area (Å²) in [7, 11) is -3.83. The maximum Gasteiger partial charge on any atom is 0.322 e. The smallest absolute Gasteiger partial charge is 0.322 e. The summed E-state index contributed by atoms with van der Waals surface area (Å²) < 4.78 is 27.7. The lowest BCUT2D eigenvalue weighted by Gasteiger charge is -2.26. The Morgan fingerprint density at radius 3 is 2.27 bits per heavy atom. The van der Waals surface area contributed by atoms with Gasteiger partial charge in [0.2, 0.25) is 10.0 Å². The Balaban J connectivity index is 1.68. The van der Waals surface area contributed by atoms with E-state index in [9.17, 15) is 18.3 Å². The van der Waals surface area contributed by atoms with Crippen molar-refractivity contribution < 1.29 is 18.3 Å². The van der Waals surface area contributed by atoms with E-state index in [0.29, 0.717) is 6.42 Å². The summed E-state index contributed by atoms with van der Waals surface area (Å²) in [6.07, 6.45) is 3.03. The number of benzene rings is 2. The van der Waals surface area contributed by atoms with Crippen LogP contribution in [-0.4, -0.2) is 35.9 Å². The Kier molecular flexibility index (Phi) is 4.32. The Morgan fingerprint density at radius 2 is 1.62 bits per heavy atom. The van der Waals surface area contributed by atoms with Crippen molar-refractivity contribution in [2.75, 3.05) is 0 Å². The SMILES string of the molecule is O=C(O)[C@H]1C[C@H]2CCC[C@H]2N1S(=O)(=O)c1ccc(-c2ccccc2)cc1. The molecule has 0 radical (unpaired) electrons. The van der Waals surface area contributed by atoms with Crippen LogP contribution < -0.4 is 0 Å². The number of rotatable bonds is 4. The molecule has 4 rings (SSSR count). The number of sulfonamides is 1. The zero-order valence-electron chi connectivity index (χ0n) is 14.3. The second-order valence-corrected chi connectivity index (χ2v) is 8.92. The first kappa shape index (κ1) is 17.2. The van der Waals surface area contributed by atoms with Crippen LogP contribution in [0.15, 0.2) is 59.5 Å². The number of nitrogens with zero attached hydrogens (tertiary/aromatic N) is 1. The van der Waals surface area contributed by atoms with Crippen LogP contribution in [0.25, 0.3) is 11.1 Å². The molecule has 0 amide bonds. The van der Waals surface area contributed by atoms with Gasteiger partial charge in [-0.05, 0) is 48.4 Å². The van der Waals surface area contributed by atoms with Crippen LogP contribution in [0.5, 0.6) is 0 Å². The molecule has 0 aromatic heterocycles. The normalized spacial score (nSPS) is 25.9. The fourth-order valence-electron chi connectivity index (χ4n) is 4.38. The quantitative estimate of drug-likeness (QED) is 0.894. The Bertz CT molecular complexity index is 909. The summed E-state index contributed by atoms with van der Waals surface area (Å²) in [5.41, 5.74) is 1.94. The molecule has 2 aromatic rings. The number of carbonyl (C=O) groups is 1. The van der Waals surface area contributed by atoms with E-state index in [0.717, 1.165) is 30.4 Å². The summed E-state index contributed by atoms with van der Waals surface area (Å²) >= 11 is 0. The molecule has 2 fully saturated rings. The number of fused-ring (bicyclic) bond motifs is 1. The van der Waals surface area contributed by atoms with Crippen molar-refractivity contribution >= 4 is 16.0 Å². The standard InChI is InChI=1S/C20H21NO4S/c22-20(23)19-13-16-7-4-8-18(16)21(19)26(24,25)17-11-9-15(10-12-17)14-5-2-1-3-6-14/h1-3,5-6,9-12,16,18-19H,4,7-8,13H2,(H,22,23)/t16-,18-,19-/m1/s1. The van der Waals surface area contributed by atoms with Crippen LogP contribution in [0, 0.1) is 5.92 Å². The van der Waals surface area contributed by atoms with Crippen LogP contribution in [0.1, 0.15) is 25.7 Å². The first-order chi connectivity index (χ1) is 12.5. The van der Waals surface area contributed by atoms with Crippen LogP contribution in [0.2, 0.25) is 0 Å². The molecule has 1 heterocycles. The van der Waals surface area contributed by atoms with Crippen molar-refractivity contribution in [1.29, 1.82) is 0 Å². The third-order valence-electron chi connectivity index (χ3n) is 5.60. The molecule has 1 N–H and O–H groups in total. The van der Waals surface area contributed by atoms with Gasteiger partial charge in [0, 0.05) is 6.04 Å². The van der Waals surface area contributed by atoms with Gasteiger partial charge in [-0.1, -0.05) is 48.9 Å². The van der Waals surface area contributed by atoms with Crippen molar-refractivity contribution in [3.05, 3.63) is 54.6 Å². The molecule has 1 saturated heterocycles. The van der Waals surface area contributed by atoms with Gasteiger partial charge < -0.3 is 5.11 Å². The van der Waals surface area contributed by atoms with Crippen LogP contribution in [0.4, 0.5) is 0 Å². The lowest BCUT2D eigenvalue weighted by atomic mass is 10.0. The third kappa shape index (κ3) is 2.83. The van der Waals surface area contributed by atoms with Gasteiger partial charge in [0.1, 0.15) is 6.04 Å². The molecule has 26 heavy (non-hydrogen) atoms. The summed E-state index contributed by atoms with van der Waals surface area (Å²) in [6, 6.07) is 15.3.